The normalized spacial score (nSPS) is 23.8. The van der Waals surface area contributed by atoms with Crippen molar-refractivity contribution in [1.29, 1.82) is 0 Å². The number of rotatable bonds is 4. The van der Waals surface area contributed by atoms with Gasteiger partial charge in [0.1, 0.15) is 0 Å². The molecule has 0 saturated heterocycles. The molecule has 12 heavy (non-hydrogen) atoms. The fourth-order valence-corrected chi connectivity index (χ4v) is 2.62. The third-order valence-corrected chi connectivity index (χ3v) is 3.74. The first-order valence-electron chi connectivity index (χ1n) is 5.23. The first kappa shape index (κ1) is 10.0. The maximum absolute atomic E-state index is 6.21. The molecule has 0 radical (unpaired) electrons. The van der Waals surface area contributed by atoms with E-state index in [0.29, 0.717) is 5.41 Å². The molecule has 1 rings (SSSR count). The first-order valence-corrected chi connectivity index (χ1v) is 5.23. The van der Waals surface area contributed by atoms with Gasteiger partial charge in [-0.15, -0.1) is 0 Å². The topological polar surface area (TPSA) is 26.0 Å². The molecule has 1 saturated carbocycles. The highest BCUT2D eigenvalue weighted by Crippen LogP contribution is 2.59. The van der Waals surface area contributed by atoms with Crippen LogP contribution in [-0.2, 0) is 0 Å². The lowest BCUT2D eigenvalue weighted by molar-refractivity contribution is 0.192. The Hall–Kier alpha value is -0.0400. The molecule has 0 aromatic rings. The second-order valence-corrected chi connectivity index (χ2v) is 5.07. The Kier molecular flexibility index (Phi) is 2.53. The van der Waals surface area contributed by atoms with Crippen LogP contribution in [-0.4, -0.2) is 5.54 Å². The smallest absolute Gasteiger partial charge is 0.0156 e. The molecule has 0 amide bonds. The lowest BCUT2D eigenvalue weighted by Crippen LogP contribution is -2.45. The Bertz CT molecular complexity index is 151. The van der Waals surface area contributed by atoms with Crippen molar-refractivity contribution < 1.29 is 0 Å². The van der Waals surface area contributed by atoms with E-state index in [1.165, 1.54) is 25.7 Å². The van der Waals surface area contributed by atoms with Gasteiger partial charge in [-0.3, -0.25) is 0 Å². The zero-order valence-electron chi connectivity index (χ0n) is 8.98. The monoisotopic (exact) mass is 169 g/mol. The number of hydrogen-bond donors (Lipinski definition) is 1. The minimum absolute atomic E-state index is 0.0294. The van der Waals surface area contributed by atoms with Crippen LogP contribution in [0.25, 0.3) is 0 Å². The zero-order chi connectivity index (χ0) is 9.41. The summed E-state index contributed by atoms with van der Waals surface area (Å²) in [4.78, 5) is 0. The summed E-state index contributed by atoms with van der Waals surface area (Å²) in [7, 11) is 0. The molecule has 1 atom stereocenters. The summed E-state index contributed by atoms with van der Waals surface area (Å²) in [5.74, 6) is 0.808. The van der Waals surface area contributed by atoms with Gasteiger partial charge in [0.05, 0.1) is 0 Å². The summed E-state index contributed by atoms with van der Waals surface area (Å²) < 4.78 is 0. The minimum atomic E-state index is 0.0294. The van der Waals surface area contributed by atoms with Crippen LogP contribution >= 0.6 is 0 Å². The van der Waals surface area contributed by atoms with Crippen LogP contribution in [0.1, 0.15) is 53.4 Å². The highest BCUT2D eigenvalue weighted by atomic mass is 14.8. The summed E-state index contributed by atoms with van der Waals surface area (Å²) in [6.07, 6.45) is 5.31. The van der Waals surface area contributed by atoms with Gasteiger partial charge in [0.15, 0.2) is 0 Å². The van der Waals surface area contributed by atoms with Crippen LogP contribution in [0.15, 0.2) is 0 Å². The van der Waals surface area contributed by atoms with Crippen LogP contribution < -0.4 is 5.73 Å². The van der Waals surface area contributed by atoms with E-state index >= 15 is 0 Å². The lowest BCUT2D eigenvalue weighted by Gasteiger charge is -2.36. The highest BCUT2D eigenvalue weighted by Gasteiger charge is 2.55. The van der Waals surface area contributed by atoms with Gasteiger partial charge in [0.2, 0.25) is 0 Å². The molecule has 0 spiro atoms. The largest absolute Gasteiger partial charge is 0.325 e. The third-order valence-electron chi connectivity index (χ3n) is 3.74. The van der Waals surface area contributed by atoms with Crippen LogP contribution in [0.5, 0.6) is 0 Å². The Morgan fingerprint density at radius 2 is 1.92 bits per heavy atom. The summed E-state index contributed by atoms with van der Waals surface area (Å²) in [6.45, 7) is 9.00. The average molecular weight is 169 g/mol. The van der Waals surface area contributed by atoms with E-state index in [0.717, 1.165) is 5.92 Å². The molecule has 0 aliphatic heterocycles. The van der Waals surface area contributed by atoms with Crippen molar-refractivity contribution in [3.63, 3.8) is 0 Å². The second kappa shape index (κ2) is 3.02. The first-order chi connectivity index (χ1) is 5.44. The van der Waals surface area contributed by atoms with Gasteiger partial charge in [-0.2, -0.15) is 0 Å². The Morgan fingerprint density at radius 3 is 2.17 bits per heavy atom. The molecular weight excluding hydrogens is 146 g/mol. The molecule has 2 N–H and O–H groups in total. The maximum atomic E-state index is 6.21. The Balaban J connectivity index is 2.60. The minimum Gasteiger partial charge on any atom is -0.325 e. The molecule has 0 aromatic carbocycles. The summed E-state index contributed by atoms with van der Waals surface area (Å²) in [5, 5.41) is 0. The van der Waals surface area contributed by atoms with E-state index in [1.807, 2.05) is 0 Å². The Morgan fingerprint density at radius 1 is 1.42 bits per heavy atom. The molecule has 1 heteroatoms. The van der Waals surface area contributed by atoms with Gasteiger partial charge < -0.3 is 5.73 Å². The van der Waals surface area contributed by atoms with Crippen molar-refractivity contribution in [1.82, 2.24) is 0 Å². The molecule has 1 aliphatic rings. The number of nitrogens with two attached hydrogens (primary N) is 1. The van der Waals surface area contributed by atoms with Gasteiger partial charge in [-0.25, -0.2) is 0 Å². The van der Waals surface area contributed by atoms with Crippen molar-refractivity contribution in [3.8, 4) is 0 Å². The van der Waals surface area contributed by atoms with Gasteiger partial charge >= 0.3 is 0 Å². The molecule has 1 unspecified atom stereocenters. The fraction of sp³-hybridized carbons (Fsp3) is 1.00. The van der Waals surface area contributed by atoms with Crippen molar-refractivity contribution in [2.75, 3.05) is 0 Å². The molecule has 0 bridgehead atoms. The van der Waals surface area contributed by atoms with Crippen LogP contribution in [0.2, 0.25) is 0 Å². The highest BCUT2D eigenvalue weighted by molar-refractivity contribution is 5.09. The molecular formula is C11H23N. The SMILES string of the molecule is CCCC(C)C1(C(C)(C)N)CC1. The maximum Gasteiger partial charge on any atom is 0.0156 e. The van der Waals surface area contributed by atoms with E-state index in [2.05, 4.69) is 27.7 Å². The van der Waals surface area contributed by atoms with Crippen molar-refractivity contribution in [2.45, 2.75) is 58.9 Å². The molecule has 72 valence electrons. The summed E-state index contributed by atoms with van der Waals surface area (Å²) in [6, 6.07) is 0. The van der Waals surface area contributed by atoms with Crippen molar-refractivity contribution in [2.24, 2.45) is 17.1 Å². The van der Waals surface area contributed by atoms with Crippen LogP contribution in [0.4, 0.5) is 0 Å². The van der Waals surface area contributed by atoms with E-state index in [-0.39, 0.29) is 5.54 Å². The molecule has 0 heterocycles. The average Bonchev–Trinajstić information content (AvgIpc) is 2.63. The Labute approximate surface area is 76.7 Å². The summed E-state index contributed by atoms with van der Waals surface area (Å²) in [5.41, 5.74) is 6.71. The molecule has 1 fully saturated rings. The predicted octanol–water partition coefficient (Wildman–Crippen LogP) is 2.94. The van der Waals surface area contributed by atoms with E-state index < -0.39 is 0 Å². The lowest BCUT2D eigenvalue weighted by atomic mass is 9.74. The molecule has 1 aliphatic carbocycles. The van der Waals surface area contributed by atoms with E-state index in [4.69, 9.17) is 5.73 Å². The van der Waals surface area contributed by atoms with Crippen molar-refractivity contribution >= 4 is 0 Å². The quantitative estimate of drug-likeness (QED) is 0.688. The molecule has 1 nitrogen and oxygen atoms in total. The van der Waals surface area contributed by atoms with Gasteiger partial charge in [0, 0.05) is 5.54 Å². The zero-order valence-corrected chi connectivity index (χ0v) is 8.98. The molecule has 0 aromatic heterocycles. The van der Waals surface area contributed by atoms with Crippen molar-refractivity contribution in [3.05, 3.63) is 0 Å². The van der Waals surface area contributed by atoms with E-state index in [9.17, 15) is 0 Å². The second-order valence-electron chi connectivity index (χ2n) is 5.07. The standard InChI is InChI=1S/C11H23N/c1-5-6-9(2)11(7-8-11)10(3,4)12/h9H,5-8,12H2,1-4H3. The van der Waals surface area contributed by atoms with Gasteiger partial charge in [0.25, 0.3) is 0 Å². The van der Waals surface area contributed by atoms with Crippen LogP contribution in [0, 0.1) is 11.3 Å². The van der Waals surface area contributed by atoms with E-state index in [1.54, 1.807) is 0 Å². The van der Waals surface area contributed by atoms with Gasteiger partial charge in [-0.1, -0.05) is 26.7 Å². The van der Waals surface area contributed by atoms with Gasteiger partial charge in [-0.05, 0) is 38.0 Å². The number of hydrogen-bond acceptors (Lipinski definition) is 1. The summed E-state index contributed by atoms with van der Waals surface area (Å²) >= 11 is 0. The fourth-order valence-electron chi connectivity index (χ4n) is 2.62. The van der Waals surface area contributed by atoms with Crippen LogP contribution in [0.3, 0.4) is 0 Å². The third kappa shape index (κ3) is 1.52. The predicted molar refractivity (Wildman–Crippen MR) is 54.0 cm³/mol.